The lowest BCUT2D eigenvalue weighted by Crippen LogP contribution is -2.09. The molecule has 2 aromatic rings. The van der Waals surface area contributed by atoms with Crippen molar-refractivity contribution in [2.45, 2.75) is 0 Å². The number of halogens is 1. The number of hydrogen-bond acceptors (Lipinski definition) is 3. The summed E-state index contributed by atoms with van der Waals surface area (Å²) in [5.74, 6) is 0. The maximum absolute atomic E-state index is 11.2. The number of benzene rings is 1. The molecule has 4 nitrogen and oxygen atoms in total. The Kier molecular flexibility index (Phi) is 1.80. The second-order valence-corrected chi connectivity index (χ2v) is 3.55. The van der Waals surface area contributed by atoms with Crippen LogP contribution in [0.15, 0.2) is 23.0 Å². The van der Waals surface area contributed by atoms with Gasteiger partial charge >= 0.3 is 0 Å². The summed E-state index contributed by atoms with van der Waals surface area (Å²) < 4.78 is 1.01. The van der Waals surface area contributed by atoms with Crippen LogP contribution in [0.1, 0.15) is 0 Å². The van der Waals surface area contributed by atoms with Crippen LogP contribution in [0.2, 0.25) is 0 Å². The number of H-pyrrole nitrogens is 1. The first-order valence-corrected chi connectivity index (χ1v) is 4.36. The Morgan fingerprint density at radius 2 is 2.25 bits per heavy atom. The first-order chi connectivity index (χ1) is 5.77. The molecule has 1 aromatic carbocycles. The normalized spacial score (nSPS) is 10.4. The largest absolute Gasteiger partial charge is 0.275 e. The van der Waals surface area contributed by atoms with E-state index >= 15 is 0 Å². The van der Waals surface area contributed by atoms with Crippen molar-refractivity contribution in [3.8, 4) is 0 Å². The van der Waals surface area contributed by atoms with Gasteiger partial charge in [-0.05, 0) is 40.8 Å². The van der Waals surface area contributed by atoms with Gasteiger partial charge in [0.15, 0.2) is 0 Å². The Hall–Kier alpha value is -0.980. The van der Waals surface area contributed by atoms with Crippen LogP contribution < -0.4 is 5.56 Å². The Balaban J connectivity index is 2.98. The molecular weight excluding hydrogens is 269 g/mol. The van der Waals surface area contributed by atoms with Crippen LogP contribution in [0.3, 0.4) is 0 Å². The minimum Gasteiger partial charge on any atom is -0.267 e. The van der Waals surface area contributed by atoms with Gasteiger partial charge in [-0.15, -0.1) is 5.10 Å². The average molecular weight is 273 g/mol. The molecule has 1 heterocycles. The highest BCUT2D eigenvalue weighted by atomic mass is 127. The van der Waals surface area contributed by atoms with E-state index in [-0.39, 0.29) is 5.56 Å². The summed E-state index contributed by atoms with van der Waals surface area (Å²) in [6, 6.07) is 5.44. The molecule has 0 spiro atoms. The van der Waals surface area contributed by atoms with Crippen molar-refractivity contribution in [1.82, 2.24) is 15.4 Å². The van der Waals surface area contributed by atoms with Gasteiger partial charge in [0.1, 0.15) is 5.52 Å². The van der Waals surface area contributed by atoms with Crippen LogP contribution in [0, 0.1) is 3.57 Å². The quantitative estimate of drug-likeness (QED) is 0.726. The van der Waals surface area contributed by atoms with Gasteiger partial charge in [-0.1, -0.05) is 5.21 Å². The molecule has 0 aliphatic carbocycles. The van der Waals surface area contributed by atoms with Gasteiger partial charge in [0.2, 0.25) is 0 Å². The minimum atomic E-state index is -0.196. The van der Waals surface area contributed by atoms with E-state index in [1.807, 2.05) is 6.07 Å². The van der Waals surface area contributed by atoms with Crippen LogP contribution in [0.5, 0.6) is 0 Å². The first-order valence-electron chi connectivity index (χ1n) is 3.28. The van der Waals surface area contributed by atoms with Gasteiger partial charge in [0.05, 0.1) is 5.39 Å². The molecule has 0 fully saturated rings. The standard InChI is InChI=1S/C7H4IN3O/c8-4-1-2-6-5(3-4)7(12)10-11-9-6/h1-3H,(H,9,10,12). The summed E-state index contributed by atoms with van der Waals surface area (Å²) in [6.45, 7) is 0. The molecule has 0 atom stereocenters. The maximum Gasteiger partial charge on any atom is 0.275 e. The van der Waals surface area contributed by atoms with Crippen LogP contribution in [-0.2, 0) is 0 Å². The minimum absolute atomic E-state index is 0.196. The molecule has 0 bridgehead atoms. The fourth-order valence-electron chi connectivity index (χ4n) is 0.962. The van der Waals surface area contributed by atoms with Crippen molar-refractivity contribution in [1.29, 1.82) is 0 Å². The Labute approximate surface area is 81.1 Å². The monoisotopic (exact) mass is 273 g/mol. The van der Waals surface area contributed by atoms with E-state index in [2.05, 4.69) is 38.0 Å². The fraction of sp³-hybridized carbons (Fsp3) is 0. The maximum atomic E-state index is 11.2. The lowest BCUT2D eigenvalue weighted by Gasteiger charge is -1.93. The Bertz CT molecular complexity index is 479. The van der Waals surface area contributed by atoms with Crippen LogP contribution >= 0.6 is 22.6 Å². The molecule has 0 aliphatic rings. The Morgan fingerprint density at radius 3 is 3.08 bits per heavy atom. The molecule has 5 heteroatoms. The van der Waals surface area contributed by atoms with E-state index < -0.39 is 0 Å². The molecule has 0 unspecified atom stereocenters. The molecular formula is C7H4IN3O. The lowest BCUT2D eigenvalue weighted by atomic mass is 10.2. The van der Waals surface area contributed by atoms with Gasteiger partial charge < -0.3 is 0 Å². The predicted molar refractivity (Wildman–Crippen MR) is 52.9 cm³/mol. The molecule has 0 saturated heterocycles. The number of nitrogens with one attached hydrogen (secondary N) is 1. The summed E-state index contributed by atoms with van der Waals surface area (Å²) in [6.07, 6.45) is 0. The van der Waals surface area contributed by atoms with Gasteiger partial charge in [0, 0.05) is 3.57 Å². The highest BCUT2D eigenvalue weighted by Gasteiger charge is 1.99. The highest BCUT2D eigenvalue weighted by Crippen LogP contribution is 2.10. The van der Waals surface area contributed by atoms with E-state index in [1.54, 1.807) is 12.1 Å². The molecule has 0 saturated carbocycles. The number of aromatic amines is 1. The molecule has 2 rings (SSSR count). The number of fused-ring (bicyclic) bond motifs is 1. The molecule has 0 amide bonds. The zero-order valence-corrected chi connectivity index (χ0v) is 8.07. The van der Waals surface area contributed by atoms with E-state index in [1.165, 1.54) is 0 Å². The van der Waals surface area contributed by atoms with Gasteiger partial charge in [-0.25, -0.2) is 5.10 Å². The second kappa shape index (κ2) is 2.81. The molecule has 1 aromatic heterocycles. The van der Waals surface area contributed by atoms with E-state index in [0.29, 0.717) is 10.9 Å². The third-order valence-electron chi connectivity index (χ3n) is 1.51. The third kappa shape index (κ3) is 1.20. The van der Waals surface area contributed by atoms with E-state index in [9.17, 15) is 4.79 Å². The zero-order chi connectivity index (χ0) is 8.55. The highest BCUT2D eigenvalue weighted by molar-refractivity contribution is 14.1. The number of rotatable bonds is 0. The topological polar surface area (TPSA) is 58.6 Å². The number of aromatic nitrogens is 3. The SMILES string of the molecule is O=c1[nH]nnc2ccc(I)cc12. The van der Waals surface area contributed by atoms with Crippen molar-refractivity contribution >= 4 is 33.5 Å². The van der Waals surface area contributed by atoms with Gasteiger partial charge in [-0.2, -0.15) is 0 Å². The van der Waals surface area contributed by atoms with Crippen LogP contribution in [0.4, 0.5) is 0 Å². The molecule has 1 N–H and O–H groups in total. The summed E-state index contributed by atoms with van der Waals surface area (Å²) in [5, 5.41) is 10.1. The fourth-order valence-corrected chi connectivity index (χ4v) is 1.45. The number of nitrogens with zero attached hydrogens (tertiary/aromatic N) is 2. The third-order valence-corrected chi connectivity index (χ3v) is 2.18. The van der Waals surface area contributed by atoms with Crippen LogP contribution in [0.25, 0.3) is 10.9 Å². The van der Waals surface area contributed by atoms with Crippen molar-refractivity contribution in [3.63, 3.8) is 0 Å². The summed E-state index contributed by atoms with van der Waals surface area (Å²) >= 11 is 2.14. The van der Waals surface area contributed by atoms with Crippen molar-refractivity contribution in [2.24, 2.45) is 0 Å². The first kappa shape index (κ1) is 7.66. The molecule has 0 radical (unpaired) electrons. The van der Waals surface area contributed by atoms with Crippen molar-refractivity contribution in [3.05, 3.63) is 32.1 Å². The van der Waals surface area contributed by atoms with E-state index in [0.717, 1.165) is 3.57 Å². The van der Waals surface area contributed by atoms with Gasteiger partial charge in [-0.3, -0.25) is 4.79 Å². The summed E-state index contributed by atoms with van der Waals surface area (Å²) in [5.41, 5.74) is 0.428. The Morgan fingerprint density at radius 1 is 1.42 bits per heavy atom. The van der Waals surface area contributed by atoms with Crippen molar-refractivity contribution < 1.29 is 0 Å². The molecule has 0 aliphatic heterocycles. The lowest BCUT2D eigenvalue weighted by molar-refractivity contribution is 0.872. The molecule has 12 heavy (non-hydrogen) atoms. The predicted octanol–water partition coefficient (Wildman–Crippen LogP) is 0.923. The zero-order valence-electron chi connectivity index (χ0n) is 5.91. The summed E-state index contributed by atoms with van der Waals surface area (Å²) in [4.78, 5) is 11.2. The summed E-state index contributed by atoms with van der Waals surface area (Å²) in [7, 11) is 0. The van der Waals surface area contributed by atoms with E-state index in [4.69, 9.17) is 0 Å². The smallest absolute Gasteiger partial charge is 0.267 e. The van der Waals surface area contributed by atoms with Gasteiger partial charge in [0.25, 0.3) is 5.56 Å². The molecule has 60 valence electrons. The van der Waals surface area contributed by atoms with Crippen molar-refractivity contribution in [2.75, 3.05) is 0 Å². The number of hydrogen-bond donors (Lipinski definition) is 1. The second-order valence-electron chi connectivity index (χ2n) is 2.30. The van der Waals surface area contributed by atoms with Crippen LogP contribution in [-0.4, -0.2) is 15.4 Å². The average Bonchev–Trinajstić information content (AvgIpc) is 2.07.